The minimum atomic E-state index is -0.267. The van der Waals surface area contributed by atoms with Gasteiger partial charge in [-0.25, -0.2) is 0 Å². The Kier molecular flexibility index (Phi) is 5.16. The van der Waals surface area contributed by atoms with Crippen molar-refractivity contribution in [3.05, 3.63) is 63.7 Å². The van der Waals surface area contributed by atoms with Crippen molar-refractivity contribution >= 4 is 40.5 Å². The Balaban J connectivity index is 2.07. The molecule has 2 rings (SSSR count). The van der Waals surface area contributed by atoms with Crippen LogP contribution in [0.5, 0.6) is 0 Å². The van der Waals surface area contributed by atoms with Crippen molar-refractivity contribution in [1.29, 1.82) is 0 Å². The smallest absolute Gasteiger partial charge is 0.257 e. The van der Waals surface area contributed by atoms with Gasteiger partial charge in [-0.1, -0.05) is 29.3 Å². The van der Waals surface area contributed by atoms with Gasteiger partial charge in [0.15, 0.2) is 5.11 Å². The third kappa shape index (κ3) is 4.06. The van der Waals surface area contributed by atoms with Crippen molar-refractivity contribution in [3.63, 3.8) is 0 Å². The molecule has 0 aliphatic heterocycles. The lowest BCUT2D eigenvalue weighted by molar-refractivity contribution is 0.0977. The van der Waals surface area contributed by atoms with Crippen LogP contribution in [0.4, 0.5) is 5.69 Å². The molecule has 0 aliphatic rings. The molecule has 2 N–H and O–H groups in total. The Labute approximate surface area is 140 Å². The summed E-state index contributed by atoms with van der Waals surface area (Å²) in [5, 5.41) is 6.62. The molecular formula is C17H17ClN2OS. The molecule has 114 valence electrons. The van der Waals surface area contributed by atoms with E-state index in [9.17, 15) is 4.79 Å². The molecule has 2 aromatic carbocycles. The lowest BCUT2D eigenvalue weighted by Crippen LogP contribution is -2.34. The summed E-state index contributed by atoms with van der Waals surface area (Å²) < 4.78 is 0. The molecule has 5 heteroatoms. The van der Waals surface area contributed by atoms with Gasteiger partial charge in [-0.15, -0.1) is 0 Å². The van der Waals surface area contributed by atoms with E-state index in [4.69, 9.17) is 23.8 Å². The van der Waals surface area contributed by atoms with Crippen LogP contribution in [-0.2, 0) is 0 Å². The summed E-state index contributed by atoms with van der Waals surface area (Å²) in [5.41, 5.74) is 4.79. The van der Waals surface area contributed by atoms with Gasteiger partial charge in [0.1, 0.15) is 0 Å². The van der Waals surface area contributed by atoms with Crippen LogP contribution in [0.1, 0.15) is 27.0 Å². The monoisotopic (exact) mass is 332 g/mol. The normalized spacial score (nSPS) is 10.2. The minimum absolute atomic E-state index is 0.267. The Hall–Kier alpha value is -1.91. The van der Waals surface area contributed by atoms with E-state index in [-0.39, 0.29) is 11.0 Å². The van der Waals surface area contributed by atoms with Crippen molar-refractivity contribution in [2.45, 2.75) is 20.8 Å². The molecule has 22 heavy (non-hydrogen) atoms. The number of anilines is 1. The van der Waals surface area contributed by atoms with Gasteiger partial charge in [0.2, 0.25) is 0 Å². The zero-order valence-corrected chi connectivity index (χ0v) is 14.2. The number of amides is 1. The summed E-state index contributed by atoms with van der Waals surface area (Å²) in [4.78, 5) is 12.1. The maximum Gasteiger partial charge on any atom is 0.257 e. The highest BCUT2D eigenvalue weighted by Crippen LogP contribution is 2.21. The molecule has 0 fully saturated rings. The first-order chi connectivity index (χ1) is 10.4. The molecule has 0 radical (unpaired) electrons. The highest BCUT2D eigenvalue weighted by Gasteiger charge is 2.10. The van der Waals surface area contributed by atoms with E-state index in [1.54, 1.807) is 24.3 Å². The number of carbonyl (C=O) groups is 1. The predicted molar refractivity (Wildman–Crippen MR) is 95.8 cm³/mol. The summed E-state index contributed by atoms with van der Waals surface area (Å²) >= 11 is 11.0. The third-order valence-corrected chi connectivity index (χ3v) is 3.71. The number of aryl methyl sites for hydroxylation is 3. The van der Waals surface area contributed by atoms with Crippen LogP contribution in [-0.4, -0.2) is 11.0 Å². The molecule has 3 nitrogen and oxygen atoms in total. The Morgan fingerprint density at radius 2 is 1.59 bits per heavy atom. The maximum atomic E-state index is 12.1. The average molecular weight is 333 g/mol. The van der Waals surface area contributed by atoms with Crippen molar-refractivity contribution in [3.8, 4) is 0 Å². The average Bonchev–Trinajstić information content (AvgIpc) is 2.43. The van der Waals surface area contributed by atoms with Gasteiger partial charge in [0.25, 0.3) is 5.91 Å². The fraction of sp³-hybridized carbons (Fsp3) is 0.176. The predicted octanol–water partition coefficient (Wildman–Crippen LogP) is 4.39. The van der Waals surface area contributed by atoms with Crippen LogP contribution >= 0.6 is 23.8 Å². The van der Waals surface area contributed by atoms with E-state index >= 15 is 0 Å². The number of benzene rings is 2. The van der Waals surface area contributed by atoms with E-state index in [0.717, 1.165) is 16.8 Å². The lowest BCUT2D eigenvalue weighted by Gasteiger charge is -2.15. The van der Waals surface area contributed by atoms with Crippen LogP contribution < -0.4 is 10.6 Å². The maximum absolute atomic E-state index is 12.1. The zero-order valence-electron chi connectivity index (χ0n) is 12.7. The second-order valence-corrected chi connectivity index (χ2v) is 6.03. The van der Waals surface area contributed by atoms with Crippen LogP contribution in [0.3, 0.4) is 0 Å². The van der Waals surface area contributed by atoms with E-state index in [0.29, 0.717) is 10.6 Å². The molecule has 0 saturated carbocycles. The summed E-state index contributed by atoms with van der Waals surface area (Å²) in [6.45, 7) is 6.06. The molecule has 0 aromatic heterocycles. The Morgan fingerprint density at radius 1 is 1.05 bits per heavy atom. The summed E-state index contributed by atoms with van der Waals surface area (Å²) in [5.74, 6) is -0.267. The van der Waals surface area contributed by atoms with Crippen LogP contribution in [0.2, 0.25) is 5.02 Å². The van der Waals surface area contributed by atoms with Crippen molar-refractivity contribution in [1.82, 2.24) is 5.32 Å². The molecule has 0 unspecified atom stereocenters. The van der Waals surface area contributed by atoms with Crippen molar-refractivity contribution < 1.29 is 4.79 Å². The fourth-order valence-electron chi connectivity index (χ4n) is 2.30. The highest BCUT2D eigenvalue weighted by atomic mass is 35.5. The van der Waals surface area contributed by atoms with Crippen LogP contribution in [0.25, 0.3) is 0 Å². The van der Waals surface area contributed by atoms with E-state index < -0.39 is 0 Å². The van der Waals surface area contributed by atoms with E-state index in [1.807, 2.05) is 20.8 Å². The molecule has 0 aliphatic carbocycles. The molecule has 0 bridgehead atoms. The first kappa shape index (κ1) is 16.5. The molecular weight excluding hydrogens is 316 g/mol. The molecule has 0 spiro atoms. The quantitative estimate of drug-likeness (QED) is 0.801. The molecule has 0 saturated heterocycles. The van der Waals surface area contributed by atoms with Gasteiger partial charge in [0, 0.05) is 16.3 Å². The highest BCUT2D eigenvalue weighted by molar-refractivity contribution is 7.80. The number of hydrogen-bond acceptors (Lipinski definition) is 2. The third-order valence-electron chi connectivity index (χ3n) is 3.25. The van der Waals surface area contributed by atoms with Crippen LogP contribution in [0.15, 0.2) is 36.4 Å². The van der Waals surface area contributed by atoms with E-state index in [2.05, 4.69) is 22.8 Å². The number of thiocarbonyl (C=S) groups is 1. The number of rotatable bonds is 2. The number of carbonyl (C=O) groups excluding carboxylic acids is 1. The molecule has 2 aromatic rings. The zero-order chi connectivity index (χ0) is 16.3. The summed E-state index contributed by atoms with van der Waals surface area (Å²) in [7, 11) is 0. The summed E-state index contributed by atoms with van der Waals surface area (Å²) in [6.07, 6.45) is 0. The number of nitrogens with one attached hydrogen (secondary N) is 2. The Bertz CT molecular complexity index is 703. The van der Waals surface area contributed by atoms with Gasteiger partial charge < -0.3 is 5.32 Å². The standard InChI is InChI=1S/C17H17ClN2OS/c1-10-8-11(2)15(12(3)9-10)19-17(22)20-16(21)13-4-6-14(18)7-5-13/h4-9H,1-3H3,(H2,19,20,21,22). The van der Waals surface area contributed by atoms with Crippen molar-refractivity contribution in [2.24, 2.45) is 0 Å². The lowest BCUT2D eigenvalue weighted by atomic mass is 10.1. The largest absolute Gasteiger partial charge is 0.332 e. The molecule has 1 amide bonds. The SMILES string of the molecule is Cc1cc(C)c(NC(=S)NC(=O)c2ccc(Cl)cc2)c(C)c1. The Morgan fingerprint density at radius 3 is 2.14 bits per heavy atom. The summed E-state index contributed by atoms with van der Waals surface area (Å²) in [6, 6.07) is 10.8. The first-order valence-electron chi connectivity index (χ1n) is 6.82. The van der Waals surface area contributed by atoms with Gasteiger partial charge in [-0.3, -0.25) is 10.1 Å². The number of halogens is 1. The fourth-order valence-corrected chi connectivity index (χ4v) is 2.62. The van der Waals surface area contributed by atoms with E-state index in [1.165, 1.54) is 5.56 Å². The second kappa shape index (κ2) is 6.90. The van der Waals surface area contributed by atoms with Gasteiger partial charge in [0.05, 0.1) is 0 Å². The topological polar surface area (TPSA) is 41.1 Å². The van der Waals surface area contributed by atoms with Gasteiger partial charge >= 0.3 is 0 Å². The minimum Gasteiger partial charge on any atom is -0.332 e. The molecule has 0 heterocycles. The van der Waals surface area contributed by atoms with Crippen molar-refractivity contribution in [2.75, 3.05) is 5.32 Å². The van der Waals surface area contributed by atoms with Gasteiger partial charge in [-0.05, 0) is 68.4 Å². The van der Waals surface area contributed by atoms with Crippen LogP contribution in [0, 0.1) is 20.8 Å². The second-order valence-electron chi connectivity index (χ2n) is 5.19. The molecule has 0 atom stereocenters. The first-order valence-corrected chi connectivity index (χ1v) is 7.61. The van der Waals surface area contributed by atoms with Gasteiger partial charge in [-0.2, -0.15) is 0 Å². The number of hydrogen-bond donors (Lipinski definition) is 2.